The van der Waals surface area contributed by atoms with Gasteiger partial charge in [-0.15, -0.1) is 0 Å². The third-order valence-electron chi connectivity index (χ3n) is 3.94. The van der Waals surface area contributed by atoms with Crippen LogP contribution in [0.2, 0.25) is 0 Å². The lowest BCUT2D eigenvalue weighted by Crippen LogP contribution is -2.41. The Hall–Kier alpha value is -0.940. The Balaban J connectivity index is 1.72. The van der Waals surface area contributed by atoms with Crippen molar-refractivity contribution in [2.45, 2.75) is 31.8 Å². The third kappa shape index (κ3) is 2.67. The lowest BCUT2D eigenvalue weighted by Gasteiger charge is -2.31. The topological polar surface area (TPSA) is 32.3 Å². The van der Waals surface area contributed by atoms with Crippen molar-refractivity contribution >= 4 is 21.8 Å². The molecule has 19 heavy (non-hydrogen) atoms. The van der Waals surface area contributed by atoms with Gasteiger partial charge in [0.25, 0.3) is 0 Å². The molecule has 2 heterocycles. The smallest absolute Gasteiger partial charge is 0.220 e. The number of fused-ring (bicyclic) bond motifs is 1. The number of rotatable bonds is 2. The van der Waals surface area contributed by atoms with E-state index in [4.69, 9.17) is 0 Å². The van der Waals surface area contributed by atoms with Crippen molar-refractivity contribution in [1.29, 1.82) is 0 Å². The van der Waals surface area contributed by atoms with Crippen LogP contribution < -0.4 is 5.32 Å². The maximum atomic E-state index is 13.9. The van der Waals surface area contributed by atoms with Crippen LogP contribution in [-0.4, -0.2) is 29.9 Å². The van der Waals surface area contributed by atoms with Crippen molar-refractivity contribution in [1.82, 2.24) is 10.2 Å². The minimum absolute atomic E-state index is 0.127. The molecule has 0 spiro atoms. The number of benzene rings is 1. The van der Waals surface area contributed by atoms with Gasteiger partial charge in [0.2, 0.25) is 5.91 Å². The molecule has 2 aliphatic heterocycles. The molecule has 3 nitrogen and oxygen atoms in total. The molecule has 1 saturated heterocycles. The summed E-state index contributed by atoms with van der Waals surface area (Å²) in [5.74, 6) is 0.00897. The summed E-state index contributed by atoms with van der Waals surface area (Å²) >= 11 is 3.49. The number of nitrogens with one attached hydrogen (secondary N) is 1. The second-order valence-corrected chi connectivity index (χ2v) is 6.13. The number of carbonyl (C=O) groups excluding carboxylic acids is 1. The zero-order chi connectivity index (χ0) is 13.4. The summed E-state index contributed by atoms with van der Waals surface area (Å²) in [6, 6.07) is 3.52. The first kappa shape index (κ1) is 13.1. The number of carbonyl (C=O) groups is 1. The molecule has 0 aliphatic carbocycles. The van der Waals surface area contributed by atoms with Gasteiger partial charge >= 0.3 is 0 Å². The maximum absolute atomic E-state index is 13.9. The van der Waals surface area contributed by atoms with Crippen LogP contribution in [-0.2, 0) is 17.8 Å². The SMILES string of the molecule is O=C1CC[C@@H](CN2CCc3c(Br)ccc(F)c3C2)N1. The molecule has 1 amide bonds. The summed E-state index contributed by atoms with van der Waals surface area (Å²) in [5, 5.41) is 2.97. The molecule has 3 rings (SSSR count). The van der Waals surface area contributed by atoms with Crippen LogP contribution in [0.3, 0.4) is 0 Å². The van der Waals surface area contributed by atoms with Gasteiger partial charge in [-0.1, -0.05) is 15.9 Å². The number of hydrogen-bond acceptors (Lipinski definition) is 2. The predicted molar refractivity (Wildman–Crippen MR) is 74.2 cm³/mol. The van der Waals surface area contributed by atoms with Crippen molar-refractivity contribution in [2.75, 3.05) is 13.1 Å². The van der Waals surface area contributed by atoms with E-state index in [1.165, 1.54) is 6.07 Å². The molecule has 1 fully saturated rings. The van der Waals surface area contributed by atoms with Crippen molar-refractivity contribution in [3.63, 3.8) is 0 Å². The highest BCUT2D eigenvalue weighted by Crippen LogP contribution is 2.28. The molecule has 1 atom stereocenters. The van der Waals surface area contributed by atoms with Crippen LogP contribution in [0.4, 0.5) is 4.39 Å². The van der Waals surface area contributed by atoms with Crippen molar-refractivity contribution < 1.29 is 9.18 Å². The minimum atomic E-state index is -0.127. The predicted octanol–water partition coefficient (Wildman–Crippen LogP) is 2.22. The molecule has 0 bridgehead atoms. The van der Waals surface area contributed by atoms with Crippen LogP contribution in [0.25, 0.3) is 0 Å². The average Bonchev–Trinajstić information content (AvgIpc) is 2.80. The van der Waals surface area contributed by atoms with E-state index in [-0.39, 0.29) is 17.8 Å². The van der Waals surface area contributed by atoms with Crippen molar-refractivity contribution in [3.05, 3.63) is 33.5 Å². The molecule has 0 aromatic heterocycles. The van der Waals surface area contributed by atoms with E-state index in [0.717, 1.165) is 41.5 Å². The first-order valence-corrected chi connectivity index (χ1v) is 7.40. The molecule has 1 aromatic carbocycles. The van der Waals surface area contributed by atoms with Gasteiger partial charge in [0.15, 0.2) is 0 Å². The van der Waals surface area contributed by atoms with Gasteiger partial charge in [0, 0.05) is 42.1 Å². The van der Waals surface area contributed by atoms with Gasteiger partial charge in [0.1, 0.15) is 5.82 Å². The fraction of sp³-hybridized carbons (Fsp3) is 0.500. The average molecular weight is 327 g/mol. The normalized spacial score (nSPS) is 23.3. The molecule has 1 N–H and O–H groups in total. The third-order valence-corrected chi connectivity index (χ3v) is 4.68. The maximum Gasteiger partial charge on any atom is 0.220 e. The molecule has 0 unspecified atom stereocenters. The lowest BCUT2D eigenvalue weighted by molar-refractivity contribution is -0.119. The summed E-state index contributed by atoms with van der Waals surface area (Å²) in [5.41, 5.74) is 1.89. The van der Waals surface area contributed by atoms with Gasteiger partial charge in [0.05, 0.1) is 0 Å². The van der Waals surface area contributed by atoms with Crippen LogP contribution in [0, 0.1) is 5.82 Å². The molecule has 2 aliphatic rings. The molecular formula is C14H16BrFN2O. The summed E-state index contributed by atoms with van der Waals surface area (Å²) in [6.45, 7) is 2.37. The lowest BCUT2D eigenvalue weighted by atomic mass is 9.98. The quantitative estimate of drug-likeness (QED) is 0.903. The van der Waals surface area contributed by atoms with E-state index in [1.54, 1.807) is 6.07 Å². The fourth-order valence-corrected chi connectivity index (χ4v) is 3.50. The highest BCUT2D eigenvalue weighted by Gasteiger charge is 2.26. The number of nitrogens with zero attached hydrogens (tertiary/aromatic N) is 1. The standard InChI is InChI=1S/C14H16BrFN2O/c15-12-2-3-13(16)11-8-18(6-5-10(11)12)7-9-1-4-14(19)17-9/h2-3,9H,1,4-8H2,(H,17,19)/t9-/m0/s1. The van der Waals surface area contributed by atoms with Crippen LogP contribution in [0.15, 0.2) is 16.6 Å². The minimum Gasteiger partial charge on any atom is -0.352 e. The van der Waals surface area contributed by atoms with E-state index in [2.05, 4.69) is 26.1 Å². The Bertz CT molecular complexity index is 520. The van der Waals surface area contributed by atoms with E-state index >= 15 is 0 Å². The second-order valence-electron chi connectivity index (χ2n) is 5.27. The Morgan fingerprint density at radius 1 is 1.37 bits per heavy atom. The Labute approximate surface area is 120 Å². The molecule has 5 heteroatoms. The summed E-state index contributed by atoms with van der Waals surface area (Å²) < 4.78 is 14.9. The Morgan fingerprint density at radius 3 is 2.95 bits per heavy atom. The Morgan fingerprint density at radius 2 is 2.21 bits per heavy atom. The number of hydrogen-bond donors (Lipinski definition) is 1. The fourth-order valence-electron chi connectivity index (χ4n) is 2.93. The van der Waals surface area contributed by atoms with Gasteiger partial charge in [-0.05, 0) is 30.5 Å². The first-order chi connectivity index (χ1) is 9.13. The van der Waals surface area contributed by atoms with E-state index in [0.29, 0.717) is 13.0 Å². The van der Waals surface area contributed by atoms with Crippen molar-refractivity contribution in [3.8, 4) is 0 Å². The summed E-state index contributed by atoms with van der Waals surface area (Å²) in [4.78, 5) is 13.4. The highest BCUT2D eigenvalue weighted by molar-refractivity contribution is 9.10. The molecule has 102 valence electrons. The van der Waals surface area contributed by atoms with Crippen molar-refractivity contribution in [2.24, 2.45) is 0 Å². The summed E-state index contributed by atoms with van der Waals surface area (Å²) in [6.07, 6.45) is 2.37. The molecule has 1 aromatic rings. The number of amides is 1. The first-order valence-electron chi connectivity index (χ1n) is 6.61. The molecule has 0 saturated carbocycles. The van der Waals surface area contributed by atoms with Gasteiger partial charge in [-0.3, -0.25) is 9.69 Å². The van der Waals surface area contributed by atoms with Gasteiger partial charge in [-0.2, -0.15) is 0 Å². The van der Waals surface area contributed by atoms with Crippen LogP contribution in [0.1, 0.15) is 24.0 Å². The van der Waals surface area contributed by atoms with Crippen LogP contribution in [0.5, 0.6) is 0 Å². The van der Waals surface area contributed by atoms with E-state index < -0.39 is 0 Å². The Kier molecular flexibility index (Phi) is 3.58. The molecule has 0 radical (unpaired) electrons. The monoisotopic (exact) mass is 326 g/mol. The van der Waals surface area contributed by atoms with E-state index in [1.807, 2.05) is 0 Å². The second kappa shape index (κ2) is 5.21. The van der Waals surface area contributed by atoms with Gasteiger partial charge < -0.3 is 5.32 Å². The van der Waals surface area contributed by atoms with Crippen LogP contribution >= 0.6 is 15.9 Å². The largest absolute Gasteiger partial charge is 0.352 e. The highest BCUT2D eigenvalue weighted by atomic mass is 79.9. The summed E-state index contributed by atoms with van der Waals surface area (Å²) in [7, 11) is 0. The zero-order valence-electron chi connectivity index (χ0n) is 10.6. The number of halogens is 2. The van der Waals surface area contributed by atoms with Gasteiger partial charge in [-0.25, -0.2) is 4.39 Å². The molecular weight excluding hydrogens is 311 g/mol. The van der Waals surface area contributed by atoms with E-state index in [9.17, 15) is 9.18 Å². The zero-order valence-corrected chi connectivity index (χ0v) is 12.2.